The molecular weight excluding hydrogens is 271 g/mol. The first-order valence-corrected chi connectivity index (χ1v) is 6.45. The molecule has 2 rings (SSSR count). The van der Waals surface area contributed by atoms with Crippen LogP contribution in [0.4, 0.5) is 13.2 Å². The number of hydrogen-bond donors (Lipinski definition) is 2. The van der Waals surface area contributed by atoms with Gasteiger partial charge in [0, 0.05) is 0 Å². The monoisotopic (exact) mass is 287 g/mol. The second-order valence-corrected chi connectivity index (χ2v) is 5.22. The van der Waals surface area contributed by atoms with Gasteiger partial charge in [-0.3, -0.25) is 0 Å². The Morgan fingerprint density at radius 1 is 1.35 bits per heavy atom. The molecule has 20 heavy (non-hydrogen) atoms. The summed E-state index contributed by atoms with van der Waals surface area (Å²) in [7, 11) is 0. The maximum Gasteiger partial charge on any atom is 0.416 e. The van der Waals surface area contributed by atoms with E-state index in [0.717, 1.165) is 19.2 Å². The topological polar surface area (TPSA) is 49.3 Å². The molecule has 1 fully saturated rings. The van der Waals surface area contributed by atoms with Gasteiger partial charge in [0.25, 0.3) is 0 Å². The van der Waals surface area contributed by atoms with E-state index in [1.807, 2.05) is 6.92 Å². The highest BCUT2D eigenvalue weighted by atomic mass is 19.4. The number of carbonyl (C=O) groups is 1. The Morgan fingerprint density at radius 2 is 2.05 bits per heavy atom. The molecule has 1 aromatic carbocycles. The van der Waals surface area contributed by atoms with Gasteiger partial charge in [-0.05, 0) is 55.1 Å². The lowest BCUT2D eigenvalue weighted by molar-refractivity contribution is -0.137. The molecule has 1 saturated heterocycles. The van der Waals surface area contributed by atoms with Gasteiger partial charge in [0.1, 0.15) is 0 Å². The number of halogens is 3. The molecule has 2 N–H and O–H groups in total. The first-order valence-electron chi connectivity index (χ1n) is 6.45. The Kier molecular flexibility index (Phi) is 4.04. The highest BCUT2D eigenvalue weighted by molar-refractivity contribution is 5.88. The first kappa shape index (κ1) is 14.8. The lowest BCUT2D eigenvalue weighted by Crippen LogP contribution is -2.34. The third-order valence-electron chi connectivity index (χ3n) is 3.74. The Labute approximate surface area is 114 Å². The molecule has 0 aromatic heterocycles. The molecule has 0 spiro atoms. The second kappa shape index (κ2) is 5.44. The van der Waals surface area contributed by atoms with Crippen LogP contribution in [0.1, 0.15) is 40.7 Å². The smallest absolute Gasteiger partial charge is 0.416 e. The zero-order chi connectivity index (χ0) is 14.9. The Morgan fingerprint density at radius 3 is 2.60 bits per heavy atom. The average molecular weight is 287 g/mol. The van der Waals surface area contributed by atoms with Crippen molar-refractivity contribution in [2.75, 3.05) is 13.1 Å². The molecule has 0 bridgehead atoms. The fourth-order valence-electron chi connectivity index (χ4n) is 2.66. The van der Waals surface area contributed by atoms with Crippen LogP contribution in [0.25, 0.3) is 0 Å². The van der Waals surface area contributed by atoms with Crippen molar-refractivity contribution in [1.82, 2.24) is 5.32 Å². The van der Waals surface area contributed by atoms with Crippen molar-refractivity contribution >= 4 is 5.97 Å². The molecule has 0 unspecified atom stereocenters. The highest BCUT2D eigenvalue weighted by Crippen LogP contribution is 2.36. The molecule has 0 saturated carbocycles. The molecule has 0 amide bonds. The van der Waals surface area contributed by atoms with E-state index >= 15 is 0 Å². The molecule has 2 atom stereocenters. The summed E-state index contributed by atoms with van der Waals surface area (Å²) in [5.41, 5.74) is -0.732. The second-order valence-electron chi connectivity index (χ2n) is 5.22. The van der Waals surface area contributed by atoms with Gasteiger partial charge in [0.05, 0.1) is 11.1 Å². The van der Waals surface area contributed by atoms with Crippen LogP contribution in [-0.2, 0) is 6.18 Å². The number of hydrogen-bond acceptors (Lipinski definition) is 2. The third-order valence-corrected chi connectivity index (χ3v) is 3.74. The van der Waals surface area contributed by atoms with Gasteiger partial charge in [0.2, 0.25) is 0 Å². The van der Waals surface area contributed by atoms with Gasteiger partial charge >= 0.3 is 12.1 Å². The minimum absolute atomic E-state index is 0.0448. The van der Waals surface area contributed by atoms with Crippen LogP contribution >= 0.6 is 0 Å². The summed E-state index contributed by atoms with van der Waals surface area (Å²) in [4.78, 5) is 11.0. The van der Waals surface area contributed by atoms with Gasteiger partial charge in [-0.1, -0.05) is 6.92 Å². The minimum Gasteiger partial charge on any atom is -0.478 e. The zero-order valence-electron chi connectivity index (χ0n) is 11.0. The first-order chi connectivity index (χ1) is 9.29. The zero-order valence-corrected chi connectivity index (χ0v) is 11.0. The number of piperidine rings is 1. The van der Waals surface area contributed by atoms with E-state index < -0.39 is 17.7 Å². The molecule has 6 heteroatoms. The van der Waals surface area contributed by atoms with Crippen LogP contribution in [0.5, 0.6) is 0 Å². The van der Waals surface area contributed by atoms with Crippen molar-refractivity contribution in [1.29, 1.82) is 0 Å². The summed E-state index contributed by atoms with van der Waals surface area (Å²) in [5, 5.41) is 12.2. The van der Waals surface area contributed by atoms with E-state index in [0.29, 0.717) is 18.1 Å². The molecule has 0 radical (unpaired) electrons. The molecule has 110 valence electrons. The van der Waals surface area contributed by atoms with Crippen molar-refractivity contribution in [3.8, 4) is 0 Å². The molecule has 1 heterocycles. The number of benzene rings is 1. The molecule has 0 aliphatic carbocycles. The van der Waals surface area contributed by atoms with Crippen molar-refractivity contribution in [3.63, 3.8) is 0 Å². The van der Waals surface area contributed by atoms with Crippen LogP contribution < -0.4 is 5.32 Å². The average Bonchev–Trinajstić information content (AvgIpc) is 2.37. The van der Waals surface area contributed by atoms with Crippen LogP contribution in [0.15, 0.2) is 18.2 Å². The summed E-state index contributed by atoms with van der Waals surface area (Å²) < 4.78 is 38.6. The van der Waals surface area contributed by atoms with Crippen molar-refractivity contribution in [2.24, 2.45) is 5.92 Å². The normalized spacial score (nSPS) is 23.6. The van der Waals surface area contributed by atoms with E-state index in [-0.39, 0.29) is 17.4 Å². The largest absolute Gasteiger partial charge is 0.478 e. The molecule has 1 aliphatic rings. The lowest BCUT2D eigenvalue weighted by Gasteiger charge is -2.30. The number of alkyl halides is 3. The van der Waals surface area contributed by atoms with E-state index in [2.05, 4.69) is 5.32 Å². The van der Waals surface area contributed by atoms with E-state index in [1.165, 1.54) is 6.07 Å². The van der Waals surface area contributed by atoms with Crippen LogP contribution in [0.2, 0.25) is 0 Å². The maximum absolute atomic E-state index is 12.9. The highest BCUT2D eigenvalue weighted by Gasteiger charge is 2.33. The van der Waals surface area contributed by atoms with Crippen LogP contribution in [0, 0.1) is 5.92 Å². The van der Waals surface area contributed by atoms with Crippen molar-refractivity contribution in [3.05, 3.63) is 34.9 Å². The van der Waals surface area contributed by atoms with Crippen molar-refractivity contribution < 1.29 is 23.1 Å². The number of aromatic carboxylic acids is 1. The standard InChI is InChI=1S/C14H16F3NO2/c1-8-7-18-3-2-12(8)9-4-10(13(19)20)6-11(5-9)14(15,16)17/h4-6,8,12,18H,2-3,7H2,1H3,(H,19,20)/t8-,12-/m1/s1. The van der Waals surface area contributed by atoms with Gasteiger partial charge < -0.3 is 10.4 Å². The van der Waals surface area contributed by atoms with Gasteiger partial charge in [-0.2, -0.15) is 13.2 Å². The summed E-state index contributed by atoms with van der Waals surface area (Å²) >= 11 is 0. The molecular formula is C14H16F3NO2. The van der Waals surface area contributed by atoms with Crippen molar-refractivity contribution in [2.45, 2.75) is 25.4 Å². The third kappa shape index (κ3) is 3.12. The van der Waals surface area contributed by atoms with E-state index in [1.54, 1.807) is 0 Å². The van der Waals surface area contributed by atoms with Crippen LogP contribution in [0.3, 0.4) is 0 Å². The number of nitrogens with one attached hydrogen (secondary N) is 1. The summed E-state index contributed by atoms with van der Waals surface area (Å²) in [6.07, 6.45) is -3.82. The maximum atomic E-state index is 12.9. The van der Waals surface area contributed by atoms with Gasteiger partial charge in [0.15, 0.2) is 0 Å². The Bertz CT molecular complexity index is 514. The molecule has 1 aliphatic heterocycles. The molecule has 3 nitrogen and oxygen atoms in total. The predicted octanol–water partition coefficient (Wildman–Crippen LogP) is 3.12. The van der Waals surface area contributed by atoms with Crippen LogP contribution in [-0.4, -0.2) is 24.2 Å². The quantitative estimate of drug-likeness (QED) is 0.878. The predicted molar refractivity (Wildman–Crippen MR) is 67.8 cm³/mol. The Hall–Kier alpha value is -1.56. The number of carboxylic acid groups (broad SMARTS) is 1. The van der Waals surface area contributed by atoms with Gasteiger partial charge in [-0.15, -0.1) is 0 Å². The lowest BCUT2D eigenvalue weighted by atomic mass is 9.81. The Balaban J connectivity index is 2.46. The molecule has 1 aromatic rings. The fraction of sp³-hybridized carbons (Fsp3) is 0.500. The summed E-state index contributed by atoms with van der Waals surface area (Å²) in [6.45, 7) is 3.41. The summed E-state index contributed by atoms with van der Waals surface area (Å²) in [6, 6.07) is 3.14. The fourth-order valence-corrected chi connectivity index (χ4v) is 2.66. The SMILES string of the molecule is C[C@@H]1CNCC[C@H]1c1cc(C(=O)O)cc(C(F)(F)F)c1. The summed E-state index contributed by atoms with van der Waals surface area (Å²) in [5.74, 6) is -1.20. The number of rotatable bonds is 2. The van der Waals surface area contributed by atoms with Gasteiger partial charge in [-0.25, -0.2) is 4.79 Å². The van der Waals surface area contributed by atoms with E-state index in [4.69, 9.17) is 5.11 Å². The number of carboxylic acids is 1. The van der Waals surface area contributed by atoms with E-state index in [9.17, 15) is 18.0 Å². The minimum atomic E-state index is -4.53.